The summed E-state index contributed by atoms with van der Waals surface area (Å²) in [6.07, 6.45) is 2.73. The lowest BCUT2D eigenvalue weighted by molar-refractivity contribution is 0.0954. The number of methoxy groups -OCH3 is 3. The van der Waals surface area contributed by atoms with Gasteiger partial charge in [-0.15, -0.1) is 0 Å². The number of rotatable bonds is 9. The largest absolute Gasteiger partial charge is 0.493 e. The highest BCUT2D eigenvalue weighted by molar-refractivity contribution is 5.98. The van der Waals surface area contributed by atoms with Crippen molar-refractivity contribution in [2.45, 2.75) is 13.0 Å². The lowest BCUT2D eigenvalue weighted by Gasteiger charge is -2.10. The Morgan fingerprint density at radius 3 is 2.57 bits per heavy atom. The minimum Gasteiger partial charge on any atom is -0.493 e. The third-order valence-corrected chi connectivity index (χ3v) is 4.72. The molecule has 0 unspecified atom stereocenters. The van der Waals surface area contributed by atoms with Crippen LogP contribution in [-0.2, 0) is 17.7 Å². The number of fused-ring (bicyclic) bond motifs is 1. The molecule has 0 aliphatic rings. The number of nitrogens with one attached hydrogen (secondary N) is 1. The van der Waals surface area contributed by atoms with Crippen LogP contribution in [0.2, 0.25) is 0 Å². The molecule has 0 saturated carbocycles. The Balaban J connectivity index is 1.60. The first-order valence-corrected chi connectivity index (χ1v) is 9.23. The quantitative estimate of drug-likeness (QED) is 0.617. The summed E-state index contributed by atoms with van der Waals surface area (Å²) in [4.78, 5) is 12.5. The summed E-state index contributed by atoms with van der Waals surface area (Å²) in [5, 5.41) is 4.03. The number of nitrogens with zero attached hydrogens (tertiary/aromatic N) is 1. The Morgan fingerprint density at radius 1 is 1.00 bits per heavy atom. The van der Waals surface area contributed by atoms with Gasteiger partial charge in [0.05, 0.1) is 20.8 Å². The van der Waals surface area contributed by atoms with Crippen LogP contribution in [-0.4, -0.2) is 45.0 Å². The van der Waals surface area contributed by atoms with Gasteiger partial charge in [-0.3, -0.25) is 4.79 Å². The highest BCUT2D eigenvalue weighted by Crippen LogP contribution is 2.27. The van der Waals surface area contributed by atoms with E-state index in [1.54, 1.807) is 21.3 Å². The fourth-order valence-electron chi connectivity index (χ4n) is 3.18. The lowest BCUT2D eigenvalue weighted by atomic mass is 10.1. The van der Waals surface area contributed by atoms with Crippen molar-refractivity contribution in [1.29, 1.82) is 0 Å². The highest BCUT2D eigenvalue weighted by Gasteiger charge is 2.09. The molecule has 1 N–H and O–H groups in total. The molecule has 0 aliphatic heterocycles. The van der Waals surface area contributed by atoms with Crippen LogP contribution in [0.25, 0.3) is 10.9 Å². The number of amides is 1. The highest BCUT2D eigenvalue weighted by atomic mass is 16.5. The predicted molar refractivity (Wildman–Crippen MR) is 109 cm³/mol. The number of aromatic nitrogens is 1. The molecule has 148 valence electrons. The second kappa shape index (κ2) is 9.28. The molecule has 6 heteroatoms. The van der Waals surface area contributed by atoms with Crippen molar-refractivity contribution >= 4 is 16.8 Å². The Hall–Kier alpha value is -2.99. The third-order valence-electron chi connectivity index (χ3n) is 4.72. The maximum absolute atomic E-state index is 12.5. The zero-order chi connectivity index (χ0) is 19.9. The summed E-state index contributed by atoms with van der Waals surface area (Å²) in [5.74, 6) is 1.31. The van der Waals surface area contributed by atoms with Crippen molar-refractivity contribution < 1.29 is 19.0 Å². The summed E-state index contributed by atoms with van der Waals surface area (Å²) in [7, 11) is 4.92. The topological polar surface area (TPSA) is 61.7 Å². The molecule has 0 aliphatic carbocycles. The van der Waals surface area contributed by atoms with E-state index in [1.807, 2.05) is 48.7 Å². The van der Waals surface area contributed by atoms with Gasteiger partial charge in [-0.25, -0.2) is 0 Å². The molecule has 28 heavy (non-hydrogen) atoms. The molecule has 0 atom stereocenters. The molecule has 1 heterocycles. The first-order valence-electron chi connectivity index (χ1n) is 9.23. The van der Waals surface area contributed by atoms with Gasteiger partial charge in [0.1, 0.15) is 0 Å². The van der Waals surface area contributed by atoms with Crippen molar-refractivity contribution in [3.63, 3.8) is 0 Å². The Bertz CT molecular complexity index is 949. The van der Waals surface area contributed by atoms with Crippen LogP contribution in [0.4, 0.5) is 0 Å². The van der Waals surface area contributed by atoms with Gasteiger partial charge >= 0.3 is 0 Å². The molecule has 2 aromatic carbocycles. The van der Waals surface area contributed by atoms with E-state index < -0.39 is 0 Å². The first-order chi connectivity index (χ1) is 13.7. The SMILES string of the molecule is COCCn1ccc2cc(C(=O)NCCc3ccc(OC)c(OC)c3)ccc21. The van der Waals surface area contributed by atoms with Gasteiger partial charge in [0.2, 0.25) is 0 Å². The second-order valence-corrected chi connectivity index (χ2v) is 6.47. The summed E-state index contributed by atoms with van der Waals surface area (Å²) in [6.45, 7) is 1.99. The Labute approximate surface area is 165 Å². The van der Waals surface area contributed by atoms with E-state index in [4.69, 9.17) is 14.2 Å². The van der Waals surface area contributed by atoms with Crippen LogP contribution in [0.3, 0.4) is 0 Å². The molecular formula is C22H26N2O4. The summed E-state index contributed by atoms with van der Waals surface area (Å²) < 4.78 is 17.8. The zero-order valence-electron chi connectivity index (χ0n) is 16.5. The molecular weight excluding hydrogens is 356 g/mol. The second-order valence-electron chi connectivity index (χ2n) is 6.47. The lowest BCUT2D eigenvalue weighted by Crippen LogP contribution is -2.25. The van der Waals surface area contributed by atoms with E-state index in [0.717, 1.165) is 23.0 Å². The Kier molecular flexibility index (Phi) is 6.55. The molecule has 6 nitrogen and oxygen atoms in total. The summed E-state index contributed by atoms with van der Waals surface area (Å²) in [5.41, 5.74) is 2.83. The van der Waals surface area contributed by atoms with Gasteiger partial charge in [0.25, 0.3) is 5.91 Å². The fraction of sp³-hybridized carbons (Fsp3) is 0.318. The third kappa shape index (κ3) is 4.46. The van der Waals surface area contributed by atoms with E-state index in [-0.39, 0.29) is 5.91 Å². The van der Waals surface area contributed by atoms with Crippen LogP contribution in [0.15, 0.2) is 48.7 Å². The average molecular weight is 382 g/mol. The van der Waals surface area contributed by atoms with Gasteiger partial charge in [-0.1, -0.05) is 6.07 Å². The van der Waals surface area contributed by atoms with E-state index in [9.17, 15) is 4.79 Å². The number of hydrogen-bond donors (Lipinski definition) is 1. The van der Waals surface area contributed by atoms with E-state index in [2.05, 4.69) is 9.88 Å². The molecule has 0 bridgehead atoms. The smallest absolute Gasteiger partial charge is 0.251 e. The van der Waals surface area contributed by atoms with Gasteiger partial charge in [-0.2, -0.15) is 0 Å². The molecule has 0 fully saturated rings. The van der Waals surface area contributed by atoms with Crippen molar-refractivity contribution in [2.24, 2.45) is 0 Å². The van der Waals surface area contributed by atoms with Crippen molar-refractivity contribution in [3.8, 4) is 11.5 Å². The van der Waals surface area contributed by atoms with E-state index in [0.29, 0.717) is 36.6 Å². The van der Waals surface area contributed by atoms with Crippen LogP contribution < -0.4 is 14.8 Å². The van der Waals surface area contributed by atoms with Crippen LogP contribution >= 0.6 is 0 Å². The molecule has 1 aromatic heterocycles. The van der Waals surface area contributed by atoms with Gasteiger partial charge in [0, 0.05) is 42.9 Å². The number of hydrogen-bond acceptors (Lipinski definition) is 4. The molecule has 1 amide bonds. The van der Waals surface area contributed by atoms with Crippen molar-refractivity contribution in [2.75, 3.05) is 34.5 Å². The monoisotopic (exact) mass is 382 g/mol. The zero-order valence-corrected chi connectivity index (χ0v) is 16.5. The van der Waals surface area contributed by atoms with Crippen molar-refractivity contribution in [3.05, 3.63) is 59.8 Å². The maximum atomic E-state index is 12.5. The number of ether oxygens (including phenoxy) is 3. The van der Waals surface area contributed by atoms with E-state index in [1.165, 1.54) is 0 Å². The van der Waals surface area contributed by atoms with Gasteiger partial charge < -0.3 is 24.1 Å². The van der Waals surface area contributed by atoms with Crippen LogP contribution in [0.1, 0.15) is 15.9 Å². The standard InChI is InChI=1S/C22H26N2O4/c1-26-13-12-24-11-9-17-15-18(5-6-19(17)24)22(25)23-10-8-16-4-7-20(27-2)21(14-16)28-3/h4-7,9,11,14-15H,8,10,12-13H2,1-3H3,(H,23,25). The number of carbonyl (C=O) groups is 1. The minimum absolute atomic E-state index is 0.0768. The van der Waals surface area contributed by atoms with E-state index >= 15 is 0 Å². The summed E-state index contributed by atoms with van der Waals surface area (Å²) in [6, 6.07) is 13.6. The number of benzene rings is 2. The van der Waals surface area contributed by atoms with Gasteiger partial charge in [-0.05, 0) is 48.4 Å². The molecule has 0 radical (unpaired) electrons. The molecule has 0 saturated heterocycles. The molecule has 0 spiro atoms. The van der Waals surface area contributed by atoms with Crippen LogP contribution in [0.5, 0.6) is 11.5 Å². The van der Waals surface area contributed by atoms with Gasteiger partial charge in [0.15, 0.2) is 11.5 Å². The fourth-order valence-corrected chi connectivity index (χ4v) is 3.18. The Morgan fingerprint density at radius 2 is 1.82 bits per heavy atom. The normalized spacial score (nSPS) is 10.8. The average Bonchev–Trinajstić information content (AvgIpc) is 3.14. The molecule has 3 aromatic rings. The summed E-state index contributed by atoms with van der Waals surface area (Å²) >= 11 is 0. The number of carbonyl (C=O) groups excluding carboxylic acids is 1. The first kappa shape index (κ1) is 19.8. The van der Waals surface area contributed by atoms with Crippen molar-refractivity contribution in [1.82, 2.24) is 9.88 Å². The predicted octanol–water partition coefficient (Wildman–Crippen LogP) is 3.28. The minimum atomic E-state index is -0.0768. The maximum Gasteiger partial charge on any atom is 0.251 e. The molecule has 3 rings (SSSR count). The van der Waals surface area contributed by atoms with Crippen LogP contribution in [0, 0.1) is 0 Å².